The Bertz CT molecular complexity index is 783. The number of ether oxygens (including phenoxy) is 1. The van der Waals surface area contributed by atoms with Crippen molar-refractivity contribution in [2.75, 3.05) is 5.32 Å². The van der Waals surface area contributed by atoms with Crippen LogP contribution in [0.4, 0.5) is 5.82 Å². The first-order chi connectivity index (χ1) is 12.7. The minimum absolute atomic E-state index is 0.0760. The number of hydrogen-bond acceptors (Lipinski definition) is 5. The third-order valence-electron chi connectivity index (χ3n) is 5.04. The van der Waals surface area contributed by atoms with Crippen LogP contribution >= 0.6 is 0 Å². The zero-order chi connectivity index (χ0) is 19.6. The van der Waals surface area contributed by atoms with E-state index < -0.39 is 5.60 Å². The summed E-state index contributed by atoms with van der Waals surface area (Å²) in [6.45, 7) is 10.1. The Balaban J connectivity index is 1.59. The molecular formula is C21H32N4O2. The van der Waals surface area contributed by atoms with Crippen molar-refractivity contribution in [3.05, 3.63) is 24.0 Å². The van der Waals surface area contributed by atoms with Gasteiger partial charge >= 0.3 is 5.97 Å². The van der Waals surface area contributed by atoms with Gasteiger partial charge in [-0.1, -0.05) is 13.8 Å². The Kier molecular flexibility index (Phi) is 5.72. The number of rotatable bonds is 5. The highest BCUT2D eigenvalue weighted by molar-refractivity contribution is 5.70. The highest BCUT2D eigenvalue weighted by Gasteiger charge is 2.26. The van der Waals surface area contributed by atoms with Crippen molar-refractivity contribution in [2.45, 2.75) is 84.3 Å². The highest BCUT2D eigenvalue weighted by Crippen LogP contribution is 2.30. The van der Waals surface area contributed by atoms with E-state index in [1.165, 1.54) is 0 Å². The molecule has 0 radical (unpaired) electrons. The van der Waals surface area contributed by atoms with Gasteiger partial charge in [-0.05, 0) is 58.3 Å². The first-order valence-corrected chi connectivity index (χ1v) is 10.0. The molecule has 2 aromatic rings. The molecule has 0 aliphatic heterocycles. The van der Waals surface area contributed by atoms with Gasteiger partial charge in [0.1, 0.15) is 11.4 Å². The maximum Gasteiger partial charge on any atom is 0.306 e. The third-order valence-corrected chi connectivity index (χ3v) is 5.04. The van der Waals surface area contributed by atoms with Crippen molar-refractivity contribution in [2.24, 2.45) is 5.92 Å². The van der Waals surface area contributed by atoms with Crippen LogP contribution in [0.3, 0.4) is 0 Å². The number of anilines is 1. The summed E-state index contributed by atoms with van der Waals surface area (Å²) in [6.07, 6.45) is 6.50. The molecule has 0 saturated heterocycles. The molecule has 1 aliphatic carbocycles. The Morgan fingerprint density at radius 3 is 2.63 bits per heavy atom. The lowest BCUT2D eigenvalue weighted by atomic mass is 9.84. The number of nitrogens with one attached hydrogen (secondary N) is 1. The van der Waals surface area contributed by atoms with Gasteiger partial charge in [0.25, 0.3) is 0 Å². The average Bonchev–Trinajstić information content (AvgIpc) is 3.03. The summed E-state index contributed by atoms with van der Waals surface area (Å²) in [5.74, 6) is 1.72. The molecule has 2 heterocycles. The number of hydrogen-bond donors (Lipinski definition) is 1. The summed E-state index contributed by atoms with van der Waals surface area (Å²) in [5, 5.41) is 8.07. The van der Waals surface area contributed by atoms with Gasteiger partial charge in [0.15, 0.2) is 5.65 Å². The fraction of sp³-hybridized carbons (Fsp3) is 0.667. The topological polar surface area (TPSA) is 68.5 Å². The standard InChI is InChI=1S/C21H32N4O2/c1-14(2)17-13-19(25-18(24-17)10-11-22-25)23-16-8-6-15(7-9-16)12-20(26)27-21(3,4)5/h10-11,13-16,23H,6-9,12H2,1-5H3. The van der Waals surface area contributed by atoms with Gasteiger partial charge in [-0.15, -0.1) is 0 Å². The monoisotopic (exact) mass is 372 g/mol. The molecule has 2 aromatic heterocycles. The molecule has 0 amide bonds. The molecule has 0 atom stereocenters. The average molecular weight is 373 g/mol. The second-order valence-corrected chi connectivity index (χ2v) is 8.97. The van der Waals surface area contributed by atoms with E-state index in [9.17, 15) is 4.79 Å². The molecule has 0 bridgehead atoms. The van der Waals surface area contributed by atoms with Crippen molar-refractivity contribution in [1.29, 1.82) is 0 Å². The number of aromatic nitrogens is 3. The lowest BCUT2D eigenvalue weighted by Crippen LogP contribution is -2.30. The van der Waals surface area contributed by atoms with Gasteiger partial charge in [-0.2, -0.15) is 9.61 Å². The van der Waals surface area contributed by atoms with Crippen molar-refractivity contribution in [3.8, 4) is 0 Å². The molecule has 27 heavy (non-hydrogen) atoms. The minimum atomic E-state index is -0.402. The number of carbonyl (C=O) groups is 1. The molecule has 1 N–H and O–H groups in total. The summed E-state index contributed by atoms with van der Waals surface area (Å²) >= 11 is 0. The van der Waals surface area contributed by atoms with Crippen molar-refractivity contribution < 1.29 is 9.53 Å². The normalized spacial score (nSPS) is 20.8. The van der Waals surface area contributed by atoms with Gasteiger partial charge < -0.3 is 10.1 Å². The third kappa shape index (κ3) is 5.21. The SMILES string of the molecule is CC(C)c1cc(NC2CCC(CC(=O)OC(C)(C)C)CC2)n2nccc2n1. The maximum absolute atomic E-state index is 12.1. The molecular weight excluding hydrogens is 340 g/mol. The lowest BCUT2D eigenvalue weighted by Gasteiger charge is -2.30. The van der Waals surface area contributed by atoms with Crippen molar-refractivity contribution in [3.63, 3.8) is 0 Å². The molecule has 1 fully saturated rings. The largest absolute Gasteiger partial charge is 0.460 e. The molecule has 0 spiro atoms. The van der Waals surface area contributed by atoms with E-state index in [1.54, 1.807) is 6.20 Å². The van der Waals surface area contributed by atoms with Crippen LogP contribution in [0.2, 0.25) is 0 Å². The van der Waals surface area contributed by atoms with Crippen LogP contribution in [0, 0.1) is 5.92 Å². The van der Waals surface area contributed by atoms with Gasteiger partial charge in [0.2, 0.25) is 0 Å². The Hall–Kier alpha value is -2.11. The van der Waals surface area contributed by atoms with Crippen LogP contribution in [-0.4, -0.2) is 32.2 Å². The van der Waals surface area contributed by atoms with Gasteiger partial charge in [0.05, 0.1) is 6.20 Å². The maximum atomic E-state index is 12.1. The summed E-state index contributed by atoms with van der Waals surface area (Å²) in [7, 11) is 0. The predicted octanol–water partition coefficient (Wildman–Crippen LogP) is 4.56. The second kappa shape index (κ2) is 7.87. The van der Waals surface area contributed by atoms with E-state index in [4.69, 9.17) is 4.74 Å². The second-order valence-electron chi connectivity index (χ2n) is 8.97. The van der Waals surface area contributed by atoms with E-state index in [0.717, 1.165) is 42.8 Å². The minimum Gasteiger partial charge on any atom is -0.460 e. The van der Waals surface area contributed by atoms with Crippen LogP contribution in [0.1, 0.15) is 78.3 Å². The first kappa shape index (κ1) is 19.6. The van der Waals surface area contributed by atoms with Crippen LogP contribution in [-0.2, 0) is 9.53 Å². The lowest BCUT2D eigenvalue weighted by molar-refractivity contribution is -0.156. The molecule has 3 rings (SSSR count). The Labute approximate surface area is 161 Å². The van der Waals surface area contributed by atoms with Gasteiger partial charge in [-0.25, -0.2) is 4.98 Å². The molecule has 0 unspecified atom stereocenters. The van der Waals surface area contributed by atoms with Gasteiger partial charge in [0, 0.05) is 30.3 Å². The fourth-order valence-electron chi connectivity index (χ4n) is 3.67. The number of esters is 1. The molecule has 148 valence electrons. The number of nitrogens with zero attached hydrogens (tertiary/aromatic N) is 3. The molecule has 1 saturated carbocycles. The van der Waals surface area contributed by atoms with Crippen LogP contribution in [0.15, 0.2) is 18.3 Å². The van der Waals surface area contributed by atoms with E-state index in [2.05, 4.69) is 35.3 Å². The summed E-state index contributed by atoms with van der Waals surface area (Å²) < 4.78 is 7.34. The summed E-state index contributed by atoms with van der Waals surface area (Å²) in [5.41, 5.74) is 1.55. The Morgan fingerprint density at radius 2 is 2.00 bits per heavy atom. The van der Waals surface area contributed by atoms with Crippen molar-refractivity contribution >= 4 is 17.4 Å². The van der Waals surface area contributed by atoms with Crippen LogP contribution in [0.25, 0.3) is 5.65 Å². The quantitative estimate of drug-likeness (QED) is 0.780. The van der Waals surface area contributed by atoms with Crippen LogP contribution < -0.4 is 5.32 Å². The highest BCUT2D eigenvalue weighted by atomic mass is 16.6. The molecule has 1 aliphatic rings. The van der Waals surface area contributed by atoms with Crippen molar-refractivity contribution in [1.82, 2.24) is 14.6 Å². The zero-order valence-corrected chi connectivity index (χ0v) is 17.2. The molecule has 6 nitrogen and oxygen atoms in total. The zero-order valence-electron chi connectivity index (χ0n) is 17.2. The molecule has 0 aromatic carbocycles. The van der Waals surface area contributed by atoms with Gasteiger partial charge in [-0.3, -0.25) is 4.79 Å². The predicted molar refractivity (Wildman–Crippen MR) is 107 cm³/mol. The number of fused-ring (bicyclic) bond motifs is 1. The first-order valence-electron chi connectivity index (χ1n) is 10.0. The Morgan fingerprint density at radius 1 is 1.30 bits per heavy atom. The molecule has 6 heteroatoms. The van der Waals surface area contributed by atoms with Crippen LogP contribution in [0.5, 0.6) is 0 Å². The van der Waals surface area contributed by atoms with E-state index in [-0.39, 0.29) is 5.97 Å². The van der Waals surface area contributed by atoms with E-state index in [1.807, 2.05) is 31.4 Å². The summed E-state index contributed by atoms with van der Waals surface area (Å²) in [6, 6.07) is 4.45. The summed E-state index contributed by atoms with van der Waals surface area (Å²) in [4.78, 5) is 16.7. The smallest absolute Gasteiger partial charge is 0.306 e. The fourth-order valence-corrected chi connectivity index (χ4v) is 3.67. The van der Waals surface area contributed by atoms with E-state index in [0.29, 0.717) is 24.3 Å². The van der Waals surface area contributed by atoms with E-state index >= 15 is 0 Å². The number of carbonyl (C=O) groups excluding carboxylic acids is 1.